The summed E-state index contributed by atoms with van der Waals surface area (Å²) >= 11 is 0. The molecule has 0 amide bonds. The lowest BCUT2D eigenvalue weighted by atomic mass is 9.78. The van der Waals surface area contributed by atoms with Gasteiger partial charge in [-0.1, -0.05) is 19.8 Å². The molecule has 0 radical (unpaired) electrons. The van der Waals surface area contributed by atoms with Crippen LogP contribution in [-0.4, -0.2) is 64.2 Å². The largest absolute Gasteiger partial charge is 0.481 e. The summed E-state index contributed by atoms with van der Waals surface area (Å²) in [6.07, 6.45) is 13.7. The van der Waals surface area contributed by atoms with Gasteiger partial charge in [0.15, 0.2) is 0 Å². The quantitative estimate of drug-likeness (QED) is 0.707. The number of piperidine rings is 1. The van der Waals surface area contributed by atoms with E-state index in [1.807, 2.05) is 19.2 Å². The number of hydrogen-bond acceptors (Lipinski definition) is 6. The molecule has 3 heterocycles. The first-order valence-corrected chi connectivity index (χ1v) is 12.4. The van der Waals surface area contributed by atoms with Gasteiger partial charge in [0.1, 0.15) is 5.82 Å². The maximum atomic E-state index is 11.3. The van der Waals surface area contributed by atoms with Gasteiger partial charge in [0, 0.05) is 37.9 Å². The van der Waals surface area contributed by atoms with Crippen molar-refractivity contribution in [1.29, 1.82) is 0 Å². The van der Waals surface area contributed by atoms with Crippen molar-refractivity contribution in [2.24, 2.45) is 11.8 Å². The lowest BCUT2D eigenvalue weighted by Gasteiger charge is -2.42. The molecule has 1 saturated carbocycles. The van der Waals surface area contributed by atoms with Crippen LogP contribution < -0.4 is 10.2 Å². The molecule has 3 fully saturated rings. The number of nitrogens with zero attached hydrogens (tertiary/aromatic N) is 4. The van der Waals surface area contributed by atoms with Crippen LogP contribution in [0.25, 0.3) is 0 Å². The van der Waals surface area contributed by atoms with Crippen molar-refractivity contribution in [1.82, 2.24) is 14.9 Å². The Labute approximate surface area is 186 Å². The predicted octanol–water partition coefficient (Wildman–Crippen LogP) is 4.01. The lowest BCUT2D eigenvalue weighted by Crippen LogP contribution is -2.48. The second-order valence-electron chi connectivity index (χ2n) is 9.81. The van der Waals surface area contributed by atoms with Crippen LogP contribution in [0, 0.1) is 11.8 Å². The van der Waals surface area contributed by atoms with Crippen LogP contribution in [0.2, 0.25) is 0 Å². The number of nitrogens with one attached hydrogen (secondary N) is 1. The van der Waals surface area contributed by atoms with E-state index in [9.17, 15) is 9.90 Å². The normalized spacial score (nSPS) is 29.2. The van der Waals surface area contributed by atoms with Crippen molar-refractivity contribution >= 4 is 17.7 Å². The van der Waals surface area contributed by atoms with Crippen LogP contribution >= 0.6 is 0 Å². The molecule has 3 aliphatic rings. The Kier molecular flexibility index (Phi) is 7.64. The number of carboxylic acid groups (broad SMARTS) is 1. The SMILES string of the molecule is CC(C(=O)O)C1CCC(N2CCCC(Nc3nccc(N4CCCCCC4)n3)C2)CC1. The van der Waals surface area contributed by atoms with E-state index in [1.54, 1.807) is 0 Å². The molecule has 2 saturated heterocycles. The third-order valence-corrected chi connectivity index (χ3v) is 7.71. The van der Waals surface area contributed by atoms with E-state index in [4.69, 9.17) is 4.98 Å². The number of anilines is 2. The highest BCUT2D eigenvalue weighted by Crippen LogP contribution is 2.33. The van der Waals surface area contributed by atoms with Crippen molar-refractivity contribution in [2.45, 2.75) is 83.2 Å². The van der Waals surface area contributed by atoms with Crippen LogP contribution in [0.4, 0.5) is 11.8 Å². The molecule has 7 nitrogen and oxygen atoms in total. The molecule has 4 rings (SSSR count). The fourth-order valence-corrected chi connectivity index (χ4v) is 5.70. The number of likely N-dealkylation sites (tertiary alicyclic amines) is 1. The van der Waals surface area contributed by atoms with Crippen molar-refractivity contribution in [3.8, 4) is 0 Å². The highest BCUT2D eigenvalue weighted by Gasteiger charge is 2.33. The van der Waals surface area contributed by atoms with Gasteiger partial charge in [0.2, 0.25) is 5.95 Å². The molecule has 172 valence electrons. The van der Waals surface area contributed by atoms with Crippen LogP contribution in [0.15, 0.2) is 12.3 Å². The molecule has 31 heavy (non-hydrogen) atoms. The zero-order chi connectivity index (χ0) is 21.6. The summed E-state index contributed by atoms with van der Waals surface area (Å²) in [5.74, 6) is 1.28. The zero-order valence-electron chi connectivity index (χ0n) is 19.0. The highest BCUT2D eigenvalue weighted by atomic mass is 16.4. The van der Waals surface area contributed by atoms with Crippen LogP contribution in [0.5, 0.6) is 0 Å². The van der Waals surface area contributed by atoms with E-state index < -0.39 is 5.97 Å². The minimum atomic E-state index is -0.645. The molecule has 0 bridgehead atoms. The maximum Gasteiger partial charge on any atom is 0.306 e. The standard InChI is InChI=1S/C24H39N5O2/c1-18(23(30)31)19-8-10-21(11-9-19)29-16-6-7-20(17-29)26-24-25-13-12-22(27-24)28-14-4-2-3-5-15-28/h12-13,18-21H,2-11,14-17H2,1H3,(H,30,31)(H,25,26,27). The molecule has 2 aliphatic heterocycles. The van der Waals surface area contributed by atoms with Gasteiger partial charge < -0.3 is 15.3 Å². The molecule has 1 aromatic rings. The molecule has 1 aliphatic carbocycles. The Balaban J connectivity index is 1.30. The van der Waals surface area contributed by atoms with Gasteiger partial charge >= 0.3 is 5.97 Å². The first-order chi connectivity index (χ1) is 15.1. The van der Waals surface area contributed by atoms with Crippen molar-refractivity contribution in [3.63, 3.8) is 0 Å². The monoisotopic (exact) mass is 429 g/mol. The Morgan fingerprint density at radius 1 is 1.06 bits per heavy atom. The minimum Gasteiger partial charge on any atom is -0.481 e. The van der Waals surface area contributed by atoms with E-state index in [1.165, 1.54) is 32.1 Å². The van der Waals surface area contributed by atoms with Gasteiger partial charge in [0.25, 0.3) is 0 Å². The summed E-state index contributed by atoms with van der Waals surface area (Å²) in [7, 11) is 0. The first kappa shape index (κ1) is 22.3. The van der Waals surface area contributed by atoms with Gasteiger partial charge in [0.05, 0.1) is 5.92 Å². The molecule has 2 atom stereocenters. The molecule has 0 aromatic carbocycles. The van der Waals surface area contributed by atoms with E-state index >= 15 is 0 Å². The first-order valence-electron chi connectivity index (χ1n) is 12.4. The Morgan fingerprint density at radius 2 is 1.81 bits per heavy atom. The smallest absolute Gasteiger partial charge is 0.306 e. The Hall–Kier alpha value is -1.89. The number of rotatable bonds is 6. The van der Waals surface area contributed by atoms with Gasteiger partial charge in [-0.3, -0.25) is 9.69 Å². The summed E-state index contributed by atoms with van der Waals surface area (Å²) in [6, 6.07) is 3.01. The fraction of sp³-hybridized carbons (Fsp3) is 0.792. The topological polar surface area (TPSA) is 81.6 Å². The Bertz CT molecular complexity index is 714. The van der Waals surface area contributed by atoms with E-state index in [0.717, 1.165) is 70.0 Å². The van der Waals surface area contributed by atoms with Crippen molar-refractivity contribution in [3.05, 3.63) is 12.3 Å². The van der Waals surface area contributed by atoms with Crippen LogP contribution in [-0.2, 0) is 4.79 Å². The summed E-state index contributed by atoms with van der Waals surface area (Å²) in [5, 5.41) is 12.9. The third kappa shape index (κ3) is 5.88. The van der Waals surface area contributed by atoms with Crippen LogP contribution in [0.3, 0.4) is 0 Å². The lowest BCUT2D eigenvalue weighted by molar-refractivity contribution is -0.143. The van der Waals surface area contributed by atoms with Gasteiger partial charge in [-0.05, 0) is 69.9 Å². The van der Waals surface area contributed by atoms with Crippen molar-refractivity contribution in [2.75, 3.05) is 36.4 Å². The molecule has 7 heteroatoms. The molecule has 2 unspecified atom stereocenters. The number of aromatic nitrogens is 2. The average molecular weight is 430 g/mol. The zero-order valence-corrected chi connectivity index (χ0v) is 19.0. The molecule has 2 N–H and O–H groups in total. The summed E-state index contributed by atoms with van der Waals surface area (Å²) in [4.78, 5) is 25.7. The Morgan fingerprint density at radius 3 is 2.52 bits per heavy atom. The molecule has 1 aromatic heterocycles. The predicted molar refractivity (Wildman–Crippen MR) is 123 cm³/mol. The molecule has 0 spiro atoms. The van der Waals surface area contributed by atoms with E-state index in [0.29, 0.717) is 18.0 Å². The third-order valence-electron chi connectivity index (χ3n) is 7.71. The van der Waals surface area contributed by atoms with Crippen molar-refractivity contribution < 1.29 is 9.90 Å². The number of carbonyl (C=O) groups is 1. The number of aliphatic carboxylic acids is 1. The highest BCUT2D eigenvalue weighted by molar-refractivity contribution is 5.69. The molecular weight excluding hydrogens is 390 g/mol. The fourth-order valence-electron chi connectivity index (χ4n) is 5.70. The van der Waals surface area contributed by atoms with Gasteiger partial charge in [-0.25, -0.2) is 4.98 Å². The molecular formula is C24H39N5O2. The second kappa shape index (κ2) is 10.6. The second-order valence-corrected chi connectivity index (χ2v) is 9.81. The number of hydrogen-bond donors (Lipinski definition) is 2. The van der Waals surface area contributed by atoms with Crippen LogP contribution in [0.1, 0.15) is 71.1 Å². The maximum absolute atomic E-state index is 11.3. The summed E-state index contributed by atoms with van der Waals surface area (Å²) < 4.78 is 0. The van der Waals surface area contributed by atoms with Gasteiger partial charge in [-0.2, -0.15) is 4.98 Å². The average Bonchev–Trinajstić information content (AvgIpc) is 3.09. The summed E-state index contributed by atoms with van der Waals surface area (Å²) in [6.45, 7) is 6.24. The summed E-state index contributed by atoms with van der Waals surface area (Å²) in [5.41, 5.74) is 0. The number of carboxylic acids is 1. The van der Waals surface area contributed by atoms with Gasteiger partial charge in [-0.15, -0.1) is 0 Å². The van der Waals surface area contributed by atoms with E-state index in [-0.39, 0.29) is 5.92 Å². The van der Waals surface area contributed by atoms with E-state index in [2.05, 4.69) is 20.1 Å². The minimum absolute atomic E-state index is 0.217.